The average Bonchev–Trinajstić information content (AvgIpc) is 2.38. The Balaban J connectivity index is 2.41. The first kappa shape index (κ1) is 16.0. The largest absolute Gasteiger partial charge is 0.480 e. The highest BCUT2D eigenvalue weighted by Gasteiger charge is 2.25. The van der Waals surface area contributed by atoms with E-state index >= 15 is 0 Å². The molecule has 0 aromatic rings. The number of nitrogens with one attached hydrogen (secondary N) is 1. The number of carboxylic acid groups (broad SMARTS) is 1. The minimum absolute atomic E-state index is 0.0152. The molecule has 2 N–H and O–H groups in total. The third-order valence-electron chi connectivity index (χ3n) is 4.09. The van der Waals surface area contributed by atoms with Crippen molar-refractivity contribution in [2.24, 2.45) is 11.8 Å². The van der Waals surface area contributed by atoms with Gasteiger partial charge >= 0.3 is 5.97 Å². The Morgan fingerprint density at radius 1 is 1.37 bits per heavy atom. The van der Waals surface area contributed by atoms with E-state index in [0.29, 0.717) is 5.92 Å². The quantitative estimate of drug-likeness (QED) is 0.764. The SMILES string of the molecule is CC[C@H](C)[C@H](NCC(=O)N1CCC(C)CC1)C(=O)O. The van der Waals surface area contributed by atoms with Crippen molar-refractivity contribution in [2.45, 2.75) is 46.1 Å². The second-order valence-electron chi connectivity index (χ2n) is 5.65. The van der Waals surface area contributed by atoms with Crippen molar-refractivity contribution in [3.8, 4) is 0 Å². The van der Waals surface area contributed by atoms with Gasteiger partial charge in [-0.15, -0.1) is 0 Å². The topological polar surface area (TPSA) is 69.6 Å². The average molecular weight is 270 g/mol. The van der Waals surface area contributed by atoms with Crippen molar-refractivity contribution < 1.29 is 14.7 Å². The van der Waals surface area contributed by atoms with Gasteiger partial charge in [-0.2, -0.15) is 0 Å². The van der Waals surface area contributed by atoms with Crippen LogP contribution in [0.25, 0.3) is 0 Å². The Labute approximate surface area is 115 Å². The number of nitrogens with zero attached hydrogens (tertiary/aromatic N) is 1. The van der Waals surface area contributed by atoms with E-state index in [1.807, 2.05) is 18.7 Å². The Bertz CT molecular complexity index is 312. The molecule has 1 fully saturated rings. The molecule has 0 aromatic carbocycles. The molecule has 1 amide bonds. The fraction of sp³-hybridized carbons (Fsp3) is 0.857. The van der Waals surface area contributed by atoms with Gasteiger partial charge in [0, 0.05) is 13.1 Å². The van der Waals surface area contributed by atoms with E-state index in [1.165, 1.54) is 0 Å². The summed E-state index contributed by atoms with van der Waals surface area (Å²) in [6.45, 7) is 7.75. The summed E-state index contributed by atoms with van der Waals surface area (Å²) >= 11 is 0. The van der Waals surface area contributed by atoms with Crippen LogP contribution in [0.5, 0.6) is 0 Å². The first-order chi connectivity index (χ1) is 8.95. The van der Waals surface area contributed by atoms with Crippen LogP contribution in [0, 0.1) is 11.8 Å². The summed E-state index contributed by atoms with van der Waals surface area (Å²) in [6, 6.07) is -0.641. The first-order valence-corrected chi connectivity index (χ1v) is 7.19. The maximum absolute atomic E-state index is 12.0. The highest BCUT2D eigenvalue weighted by molar-refractivity contribution is 5.80. The van der Waals surface area contributed by atoms with Crippen molar-refractivity contribution >= 4 is 11.9 Å². The van der Waals surface area contributed by atoms with Crippen LogP contribution in [-0.4, -0.2) is 47.6 Å². The third kappa shape index (κ3) is 4.82. The zero-order valence-electron chi connectivity index (χ0n) is 12.2. The van der Waals surface area contributed by atoms with Gasteiger partial charge in [-0.05, 0) is 24.7 Å². The van der Waals surface area contributed by atoms with E-state index in [0.717, 1.165) is 32.4 Å². The number of likely N-dealkylation sites (tertiary alicyclic amines) is 1. The lowest BCUT2D eigenvalue weighted by Crippen LogP contribution is -2.48. The zero-order chi connectivity index (χ0) is 14.4. The van der Waals surface area contributed by atoms with Crippen molar-refractivity contribution in [1.82, 2.24) is 10.2 Å². The Kier molecular flexibility index (Phi) is 6.28. The standard InChI is InChI=1S/C14H26N2O3/c1-4-11(3)13(14(18)19)15-9-12(17)16-7-5-10(2)6-8-16/h10-11,13,15H,4-9H2,1-3H3,(H,18,19)/t11-,13-/m0/s1. The number of hydrogen-bond acceptors (Lipinski definition) is 3. The summed E-state index contributed by atoms with van der Waals surface area (Å²) < 4.78 is 0. The highest BCUT2D eigenvalue weighted by atomic mass is 16.4. The van der Waals surface area contributed by atoms with Gasteiger partial charge in [0.2, 0.25) is 5.91 Å². The van der Waals surface area contributed by atoms with Crippen molar-refractivity contribution in [3.05, 3.63) is 0 Å². The molecule has 5 nitrogen and oxygen atoms in total. The van der Waals surface area contributed by atoms with Gasteiger partial charge in [0.15, 0.2) is 0 Å². The minimum atomic E-state index is -0.880. The molecule has 0 radical (unpaired) electrons. The normalized spacial score (nSPS) is 20.1. The van der Waals surface area contributed by atoms with E-state index in [1.54, 1.807) is 0 Å². The molecule has 1 aliphatic rings. The lowest BCUT2D eigenvalue weighted by molar-refractivity contribution is -0.141. The van der Waals surface area contributed by atoms with E-state index < -0.39 is 12.0 Å². The van der Waals surface area contributed by atoms with Gasteiger partial charge in [-0.3, -0.25) is 14.9 Å². The number of piperidine rings is 1. The monoisotopic (exact) mass is 270 g/mol. The van der Waals surface area contributed by atoms with E-state index in [9.17, 15) is 9.59 Å². The number of carbonyl (C=O) groups is 2. The van der Waals surface area contributed by atoms with Gasteiger partial charge in [-0.1, -0.05) is 27.2 Å². The van der Waals surface area contributed by atoms with Crippen LogP contribution in [0.15, 0.2) is 0 Å². The molecule has 2 atom stereocenters. The molecule has 1 rings (SSSR count). The number of aliphatic carboxylic acids is 1. The van der Waals surface area contributed by atoms with E-state index in [4.69, 9.17) is 5.11 Å². The molecule has 0 unspecified atom stereocenters. The van der Waals surface area contributed by atoms with Gasteiger partial charge in [-0.25, -0.2) is 0 Å². The van der Waals surface area contributed by atoms with Crippen molar-refractivity contribution in [2.75, 3.05) is 19.6 Å². The van der Waals surface area contributed by atoms with E-state index in [-0.39, 0.29) is 18.4 Å². The predicted octanol–water partition coefficient (Wildman–Crippen LogP) is 1.33. The molecule has 5 heteroatoms. The lowest BCUT2D eigenvalue weighted by atomic mass is 9.98. The Morgan fingerprint density at radius 3 is 2.42 bits per heavy atom. The van der Waals surface area contributed by atoms with Crippen LogP contribution < -0.4 is 5.32 Å². The molecule has 0 saturated carbocycles. The fourth-order valence-corrected chi connectivity index (χ4v) is 2.33. The summed E-state index contributed by atoms with van der Waals surface area (Å²) in [5.74, 6) is -0.161. The summed E-state index contributed by atoms with van der Waals surface area (Å²) in [5, 5.41) is 12.0. The summed E-state index contributed by atoms with van der Waals surface area (Å²) in [6.07, 6.45) is 2.86. The van der Waals surface area contributed by atoms with Gasteiger partial charge < -0.3 is 10.0 Å². The van der Waals surface area contributed by atoms with Gasteiger partial charge in [0.25, 0.3) is 0 Å². The summed E-state index contributed by atoms with van der Waals surface area (Å²) in [5.41, 5.74) is 0. The van der Waals surface area contributed by atoms with E-state index in [2.05, 4.69) is 12.2 Å². The summed E-state index contributed by atoms with van der Waals surface area (Å²) in [4.78, 5) is 25.0. The third-order valence-corrected chi connectivity index (χ3v) is 4.09. The smallest absolute Gasteiger partial charge is 0.320 e. The second kappa shape index (κ2) is 7.48. The first-order valence-electron chi connectivity index (χ1n) is 7.19. The van der Waals surface area contributed by atoms with Crippen LogP contribution in [0.2, 0.25) is 0 Å². The lowest BCUT2D eigenvalue weighted by Gasteiger charge is -2.31. The highest BCUT2D eigenvalue weighted by Crippen LogP contribution is 2.16. The number of carbonyl (C=O) groups excluding carboxylic acids is 1. The van der Waals surface area contributed by atoms with Gasteiger partial charge in [0.05, 0.1) is 6.54 Å². The van der Waals surface area contributed by atoms with Crippen LogP contribution in [0.3, 0.4) is 0 Å². The molecule has 1 saturated heterocycles. The van der Waals surface area contributed by atoms with Crippen LogP contribution in [0.1, 0.15) is 40.0 Å². The van der Waals surface area contributed by atoms with Crippen molar-refractivity contribution in [3.63, 3.8) is 0 Å². The molecule has 0 bridgehead atoms. The fourth-order valence-electron chi connectivity index (χ4n) is 2.33. The number of rotatable bonds is 6. The molecular weight excluding hydrogens is 244 g/mol. The molecule has 19 heavy (non-hydrogen) atoms. The molecule has 1 heterocycles. The molecule has 0 spiro atoms. The summed E-state index contributed by atoms with van der Waals surface area (Å²) in [7, 11) is 0. The number of amides is 1. The minimum Gasteiger partial charge on any atom is -0.480 e. The predicted molar refractivity (Wildman–Crippen MR) is 73.9 cm³/mol. The van der Waals surface area contributed by atoms with Crippen LogP contribution in [-0.2, 0) is 9.59 Å². The Hall–Kier alpha value is -1.10. The Morgan fingerprint density at radius 2 is 1.95 bits per heavy atom. The number of hydrogen-bond donors (Lipinski definition) is 2. The zero-order valence-corrected chi connectivity index (χ0v) is 12.2. The van der Waals surface area contributed by atoms with Crippen LogP contribution >= 0.6 is 0 Å². The van der Waals surface area contributed by atoms with Crippen molar-refractivity contribution in [1.29, 1.82) is 0 Å². The maximum Gasteiger partial charge on any atom is 0.320 e. The maximum atomic E-state index is 12.0. The number of carboxylic acids is 1. The molecular formula is C14H26N2O3. The molecule has 1 aliphatic heterocycles. The second-order valence-corrected chi connectivity index (χ2v) is 5.65. The molecule has 0 aliphatic carbocycles. The molecule has 110 valence electrons. The van der Waals surface area contributed by atoms with Crippen LogP contribution in [0.4, 0.5) is 0 Å². The molecule has 0 aromatic heterocycles. The van der Waals surface area contributed by atoms with Gasteiger partial charge in [0.1, 0.15) is 6.04 Å².